The van der Waals surface area contributed by atoms with Gasteiger partial charge in [0.15, 0.2) is 0 Å². The zero-order chi connectivity index (χ0) is 8.85. The fourth-order valence-corrected chi connectivity index (χ4v) is 0.423. The quantitative estimate of drug-likeness (QED) is 0.386. The number of nitrogens with two attached hydrogens (primary N) is 2. The number of hydrogen-bond donors (Lipinski definition) is 3. The van der Waals surface area contributed by atoms with E-state index in [0.29, 0.717) is 5.95 Å². The number of H-pyrrole nitrogens is 1. The van der Waals surface area contributed by atoms with E-state index < -0.39 is 0 Å². The summed E-state index contributed by atoms with van der Waals surface area (Å²) >= 11 is 0. The fraction of sp³-hybridized carbons (Fsp3) is 0.600. The van der Waals surface area contributed by atoms with E-state index in [-0.39, 0.29) is 5.95 Å². The van der Waals surface area contributed by atoms with Gasteiger partial charge in [-0.2, -0.15) is 4.98 Å². The average Bonchev–Trinajstić information content (AvgIpc) is 2.40. The van der Waals surface area contributed by atoms with Crippen LogP contribution >= 0.6 is 0 Å². The summed E-state index contributed by atoms with van der Waals surface area (Å²) < 4.78 is 0. The normalized spacial score (nSPS) is 8.36. The zero-order valence-corrected chi connectivity index (χ0v) is 7.00. The van der Waals surface area contributed by atoms with Crippen molar-refractivity contribution in [2.45, 2.75) is 13.8 Å². The molecule has 0 radical (unpaired) electrons. The van der Waals surface area contributed by atoms with E-state index in [9.17, 15) is 0 Å². The van der Waals surface area contributed by atoms with Gasteiger partial charge in [-0.05, 0) is 0 Å². The highest BCUT2D eigenvalue weighted by atomic mass is 15.5. The second-order valence-electron chi connectivity index (χ2n) is 1.63. The SMILES string of the molecule is CC.CN(N)c1n[nH]c(N)n1. The highest BCUT2D eigenvalue weighted by Crippen LogP contribution is 1.99. The Morgan fingerprint density at radius 3 is 2.18 bits per heavy atom. The molecule has 0 spiro atoms. The van der Waals surface area contributed by atoms with Crippen LogP contribution < -0.4 is 16.6 Å². The van der Waals surface area contributed by atoms with Crippen LogP contribution in [0.5, 0.6) is 0 Å². The first-order chi connectivity index (χ1) is 5.20. The van der Waals surface area contributed by atoms with Crippen molar-refractivity contribution >= 4 is 11.9 Å². The van der Waals surface area contributed by atoms with Gasteiger partial charge in [-0.15, -0.1) is 5.10 Å². The number of anilines is 2. The molecule has 0 unspecified atom stereocenters. The molecule has 0 saturated heterocycles. The van der Waals surface area contributed by atoms with E-state index in [1.54, 1.807) is 7.05 Å². The first kappa shape index (κ1) is 9.70. The summed E-state index contributed by atoms with van der Waals surface area (Å²) in [5, 5.41) is 7.37. The first-order valence-electron chi connectivity index (χ1n) is 3.36. The number of hydrazine groups is 1. The van der Waals surface area contributed by atoms with Crippen molar-refractivity contribution in [3.63, 3.8) is 0 Å². The summed E-state index contributed by atoms with van der Waals surface area (Å²) in [5.74, 6) is 5.91. The summed E-state index contributed by atoms with van der Waals surface area (Å²) in [6.07, 6.45) is 0. The number of hydrogen-bond acceptors (Lipinski definition) is 5. The number of nitrogens with one attached hydrogen (secondary N) is 1. The van der Waals surface area contributed by atoms with E-state index in [4.69, 9.17) is 11.6 Å². The van der Waals surface area contributed by atoms with Gasteiger partial charge in [0, 0.05) is 7.05 Å². The lowest BCUT2D eigenvalue weighted by Crippen LogP contribution is -2.26. The van der Waals surface area contributed by atoms with Crippen molar-refractivity contribution < 1.29 is 0 Å². The van der Waals surface area contributed by atoms with Gasteiger partial charge in [0.2, 0.25) is 5.95 Å². The van der Waals surface area contributed by atoms with E-state index in [2.05, 4.69) is 15.2 Å². The Labute approximate surface area is 65.6 Å². The largest absolute Gasteiger partial charge is 0.368 e. The predicted octanol–water partition coefficient (Wildman–Crippen LogP) is -0.277. The fourth-order valence-electron chi connectivity index (χ4n) is 0.423. The van der Waals surface area contributed by atoms with Crippen LogP contribution in [-0.2, 0) is 0 Å². The van der Waals surface area contributed by atoms with Crippen molar-refractivity contribution in [1.82, 2.24) is 15.2 Å². The molecule has 1 aromatic heterocycles. The summed E-state index contributed by atoms with van der Waals surface area (Å²) in [7, 11) is 1.63. The lowest BCUT2D eigenvalue weighted by Gasteiger charge is -2.02. The van der Waals surface area contributed by atoms with Crippen LogP contribution in [0.25, 0.3) is 0 Å². The molecule has 6 heteroatoms. The summed E-state index contributed by atoms with van der Waals surface area (Å²) in [6, 6.07) is 0. The highest BCUT2D eigenvalue weighted by molar-refractivity contribution is 5.30. The Hall–Kier alpha value is -1.30. The minimum Gasteiger partial charge on any atom is -0.368 e. The second-order valence-corrected chi connectivity index (χ2v) is 1.63. The molecule has 0 aromatic carbocycles. The van der Waals surface area contributed by atoms with Crippen molar-refractivity contribution in [2.24, 2.45) is 5.84 Å². The third-order valence-corrected chi connectivity index (χ3v) is 0.806. The van der Waals surface area contributed by atoms with Crippen LogP contribution in [0.1, 0.15) is 13.8 Å². The van der Waals surface area contributed by atoms with E-state index >= 15 is 0 Å². The predicted molar refractivity (Wildman–Crippen MR) is 44.7 cm³/mol. The van der Waals surface area contributed by atoms with Crippen molar-refractivity contribution in [3.05, 3.63) is 0 Å². The molecule has 64 valence electrons. The average molecular weight is 158 g/mol. The topological polar surface area (TPSA) is 96.8 Å². The molecular formula is C5H14N6. The molecule has 1 heterocycles. The minimum absolute atomic E-state index is 0.266. The zero-order valence-electron chi connectivity index (χ0n) is 7.00. The number of rotatable bonds is 1. The standard InChI is InChI=1S/C3H8N6.C2H6/c1-9(5)3-6-2(4)7-8-3;1-2/h5H2,1H3,(H3,4,6,7,8);1-2H3. The summed E-state index contributed by atoms with van der Waals surface area (Å²) in [4.78, 5) is 3.72. The molecule has 0 bridgehead atoms. The molecule has 11 heavy (non-hydrogen) atoms. The van der Waals surface area contributed by atoms with Crippen LogP contribution in [0.4, 0.5) is 11.9 Å². The van der Waals surface area contributed by atoms with Crippen LogP contribution in [0.2, 0.25) is 0 Å². The van der Waals surface area contributed by atoms with E-state index in [1.807, 2.05) is 13.8 Å². The van der Waals surface area contributed by atoms with Gasteiger partial charge in [0.1, 0.15) is 0 Å². The monoisotopic (exact) mass is 158 g/mol. The van der Waals surface area contributed by atoms with Crippen molar-refractivity contribution in [1.29, 1.82) is 0 Å². The maximum Gasteiger partial charge on any atom is 0.260 e. The maximum atomic E-state index is 5.26. The van der Waals surface area contributed by atoms with E-state index in [0.717, 1.165) is 0 Å². The number of aromatic nitrogens is 3. The molecule has 6 nitrogen and oxygen atoms in total. The van der Waals surface area contributed by atoms with E-state index in [1.165, 1.54) is 5.01 Å². The molecule has 0 amide bonds. The Morgan fingerprint density at radius 2 is 2.00 bits per heavy atom. The molecule has 0 aliphatic heterocycles. The van der Waals surface area contributed by atoms with Gasteiger partial charge >= 0.3 is 0 Å². The lowest BCUT2D eigenvalue weighted by molar-refractivity contribution is 0.934. The molecule has 0 aliphatic rings. The molecule has 1 aromatic rings. The molecule has 5 N–H and O–H groups in total. The Kier molecular flexibility index (Phi) is 3.97. The number of nitrogen functional groups attached to an aromatic ring is 1. The molecule has 0 saturated carbocycles. The van der Waals surface area contributed by atoms with Crippen molar-refractivity contribution in [3.8, 4) is 0 Å². The highest BCUT2D eigenvalue weighted by Gasteiger charge is 1.99. The molecule has 0 fully saturated rings. The maximum absolute atomic E-state index is 5.26. The minimum atomic E-state index is 0.266. The first-order valence-corrected chi connectivity index (χ1v) is 3.36. The number of nitrogens with zero attached hydrogens (tertiary/aromatic N) is 3. The summed E-state index contributed by atoms with van der Waals surface area (Å²) in [6.45, 7) is 4.00. The Balaban J connectivity index is 0.000000461. The van der Waals surface area contributed by atoms with Crippen LogP contribution in [0.15, 0.2) is 0 Å². The van der Waals surface area contributed by atoms with Gasteiger partial charge in [-0.25, -0.2) is 10.9 Å². The molecule has 0 aliphatic carbocycles. The van der Waals surface area contributed by atoms with Crippen LogP contribution in [0.3, 0.4) is 0 Å². The Morgan fingerprint density at radius 1 is 1.45 bits per heavy atom. The van der Waals surface area contributed by atoms with Crippen LogP contribution in [-0.4, -0.2) is 22.2 Å². The third-order valence-electron chi connectivity index (χ3n) is 0.806. The van der Waals surface area contributed by atoms with Gasteiger partial charge in [0.05, 0.1) is 0 Å². The lowest BCUT2D eigenvalue weighted by atomic mass is 10.9. The third kappa shape index (κ3) is 2.85. The van der Waals surface area contributed by atoms with Gasteiger partial charge in [0.25, 0.3) is 5.95 Å². The van der Waals surface area contributed by atoms with Gasteiger partial charge < -0.3 is 5.73 Å². The van der Waals surface area contributed by atoms with Crippen molar-refractivity contribution in [2.75, 3.05) is 17.8 Å². The van der Waals surface area contributed by atoms with Gasteiger partial charge in [-0.3, -0.25) is 5.01 Å². The molecule has 0 atom stereocenters. The Bertz CT molecular complexity index is 193. The summed E-state index contributed by atoms with van der Waals surface area (Å²) in [5.41, 5.74) is 5.20. The molecule has 1 rings (SSSR count). The molecular weight excluding hydrogens is 144 g/mol. The van der Waals surface area contributed by atoms with Crippen LogP contribution in [0, 0.1) is 0 Å². The smallest absolute Gasteiger partial charge is 0.260 e. The number of aromatic amines is 1. The van der Waals surface area contributed by atoms with Gasteiger partial charge in [-0.1, -0.05) is 13.8 Å². The second kappa shape index (κ2) is 4.51.